The van der Waals surface area contributed by atoms with Crippen molar-refractivity contribution in [3.05, 3.63) is 0 Å². The zero-order valence-electron chi connectivity index (χ0n) is 9.37. The van der Waals surface area contributed by atoms with Gasteiger partial charge in [0.2, 0.25) is 0 Å². The van der Waals surface area contributed by atoms with Crippen molar-refractivity contribution in [1.29, 1.82) is 0 Å². The van der Waals surface area contributed by atoms with Crippen molar-refractivity contribution >= 4 is 6.09 Å². The predicted octanol–water partition coefficient (Wildman–Crippen LogP) is 1.52. The molecule has 1 fully saturated rings. The molecule has 82 valence electrons. The maximum absolute atomic E-state index is 10.8. The molecular formula is C10H20N2O2. The summed E-state index contributed by atoms with van der Waals surface area (Å²) in [6, 6.07) is 0.424. The second-order valence-electron chi connectivity index (χ2n) is 5.11. The van der Waals surface area contributed by atoms with Crippen molar-refractivity contribution in [2.45, 2.75) is 51.7 Å². The van der Waals surface area contributed by atoms with E-state index in [1.54, 1.807) is 0 Å². The Balaban J connectivity index is 2.51. The minimum absolute atomic E-state index is 0.0545. The van der Waals surface area contributed by atoms with Crippen LogP contribution in [0.25, 0.3) is 0 Å². The van der Waals surface area contributed by atoms with Crippen molar-refractivity contribution < 1.29 is 9.90 Å². The van der Waals surface area contributed by atoms with Crippen LogP contribution in [0, 0.1) is 0 Å². The Morgan fingerprint density at radius 3 is 2.43 bits per heavy atom. The van der Waals surface area contributed by atoms with Crippen LogP contribution in [-0.2, 0) is 0 Å². The molecule has 1 amide bonds. The Labute approximate surface area is 85.3 Å². The van der Waals surface area contributed by atoms with Gasteiger partial charge in [-0.05, 0) is 34.1 Å². The second kappa shape index (κ2) is 3.77. The van der Waals surface area contributed by atoms with Crippen LogP contribution in [0.2, 0.25) is 0 Å². The molecule has 0 aromatic heterocycles. The molecule has 0 radical (unpaired) electrons. The van der Waals surface area contributed by atoms with E-state index in [0.717, 1.165) is 6.42 Å². The average Bonchev–Trinajstić information content (AvgIpc) is 2.26. The van der Waals surface area contributed by atoms with Gasteiger partial charge in [-0.15, -0.1) is 0 Å². The molecule has 14 heavy (non-hydrogen) atoms. The smallest absolute Gasteiger partial charge is 0.407 e. The highest BCUT2D eigenvalue weighted by Crippen LogP contribution is 2.19. The van der Waals surface area contributed by atoms with Crippen molar-refractivity contribution in [3.63, 3.8) is 0 Å². The third kappa shape index (κ3) is 2.87. The molecule has 1 aliphatic rings. The zero-order valence-corrected chi connectivity index (χ0v) is 9.37. The lowest BCUT2D eigenvalue weighted by Crippen LogP contribution is -2.45. The van der Waals surface area contributed by atoms with Gasteiger partial charge in [-0.2, -0.15) is 0 Å². The van der Waals surface area contributed by atoms with Gasteiger partial charge < -0.3 is 15.3 Å². The van der Waals surface area contributed by atoms with E-state index < -0.39 is 6.09 Å². The van der Waals surface area contributed by atoms with Crippen LogP contribution in [-0.4, -0.2) is 40.3 Å². The highest BCUT2D eigenvalue weighted by molar-refractivity contribution is 5.65. The van der Waals surface area contributed by atoms with Gasteiger partial charge in [-0.1, -0.05) is 0 Å². The van der Waals surface area contributed by atoms with E-state index in [0.29, 0.717) is 12.6 Å². The van der Waals surface area contributed by atoms with Gasteiger partial charge in [0.1, 0.15) is 0 Å². The number of nitrogens with one attached hydrogen (secondary N) is 1. The number of rotatable bonds is 1. The number of amides is 1. The zero-order chi connectivity index (χ0) is 10.9. The molecule has 0 unspecified atom stereocenters. The fraction of sp³-hybridized carbons (Fsp3) is 0.900. The summed E-state index contributed by atoms with van der Waals surface area (Å²) in [6.07, 6.45) is 0.0968. The number of carbonyl (C=O) groups is 1. The van der Waals surface area contributed by atoms with E-state index in [9.17, 15) is 4.79 Å². The minimum Gasteiger partial charge on any atom is -0.465 e. The first-order valence-corrected chi connectivity index (χ1v) is 5.07. The summed E-state index contributed by atoms with van der Waals surface area (Å²) in [5, 5.41) is 12.3. The van der Waals surface area contributed by atoms with Crippen molar-refractivity contribution in [2.24, 2.45) is 0 Å². The summed E-state index contributed by atoms with van der Waals surface area (Å²) in [5.41, 5.74) is 0.0545. The van der Waals surface area contributed by atoms with Gasteiger partial charge in [-0.25, -0.2) is 4.79 Å². The highest BCUT2D eigenvalue weighted by Gasteiger charge is 2.33. The summed E-state index contributed by atoms with van der Waals surface area (Å²) in [6.45, 7) is 8.86. The number of hydrogen-bond donors (Lipinski definition) is 2. The first kappa shape index (κ1) is 11.3. The Morgan fingerprint density at radius 2 is 2.07 bits per heavy atom. The highest BCUT2D eigenvalue weighted by atomic mass is 16.4. The number of hydrogen-bond acceptors (Lipinski definition) is 2. The summed E-state index contributed by atoms with van der Waals surface area (Å²) >= 11 is 0. The summed E-state index contributed by atoms with van der Waals surface area (Å²) in [5.74, 6) is 0. The SMILES string of the molecule is C[C@H]1C[C@H](NC(C)(C)C)CN1C(=O)O. The van der Waals surface area contributed by atoms with Crippen LogP contribution in [0.15, 0.2) is 0 Å². The Morgan fingerprint density at radius 1 is 1.50 bits per heavy atom. The third-order valence-electron chi connectivity index (χ3n) is 2.46. The lowest BCUT2D eigenvalue weighted by Gasteiger charge is -2.25. The van der Waals surface area contributed by atoms with Gasteiger partial charge in [0.15, 0.2) is 0 Å². The van der Waals surface area contributed by atoms with Crippen LogP contribution in [0.4, 0.5) is 4.79 Å². The van der Waals surface area contributed by atoms with E-state index in [2.05, 4.69) is 26.1 Å². The van der Waals surface area contributed by atoms with Crippen LogP contribution < -0.4 is 5.32 Å². The molecule has 2 N–H and O–H groups in total. The molecule has 0 aromatic carbocycles. The van der Waals surface area contributed by atoms with Gasteiger partial charge in [0.05, 0.1) is 0 Å². The molecule has 1 aliphatic heterocycles. The van der Waals surface area contributed by atoms with Crippen molar-refractivity contribution in [1.82, 2.24) is 10.2 Å². The normalized spacial score (nSPS) is 28.1. The first-order valence-electron chi connectivity index (χ1n) is 5.07. The second-order valence-corrected chi connectivity index (χ2v) is 5.11. The van der Waals surface area contributed by atoms with Crippen molar-refractivity contribution in [2.75, 3.05) is 6.54 Å². The Bertz CT molecular complexity index is 223. The molecule has 1 heterocycles. The number of nitrogens with zero attached hydrogens (tertiary/aromatic N) is 1. The monoisotopic (exact) mass is 200 g/mol. The van der Waals surface area contributed by atoms with Gasteiger partial charge in [0, 0.05) is 24.2 Å². The molecular weight excluding hydrogens is 180 g/mol. The number of carboxylic acid groups (broad SMARTS) is 1. The Hall–Kier alpha value is -0.770. The summed E-state index contributed by atoms with van der Waals surface area (Å²) < 4.78 is 0. The molecule has 1 saturated heterocycles. The predicted molar refractivity (Wildman–Crippen MR) is 55.5 cm³/mol. The van der Waals surface area contributed by atoms with Gasteiger partial charge in [-0.3, -0.25) is 0 Å². The molecule has 0 spiro atoms. The van der Waals surface area contributed by atoms with E-state index in [1.807, 2.05) is 6.92 Å². The fourth-order valence-electron chi connectivity index (χ4n) is 2.01. The lowest BCUT2D eigenvalue weighted by atomic mass is 10.1. The molecule has 1 rings (SSSR count). The van der Waals surface area contributed by atoms with E-state index in [4.69, 9.17) is 5.11 Å². The quantitative estimate of drug-likeness (QED) is 0.674. The molecule has 2 atom stereocenters. The van der Waals surface area contributed by atoms with Crippen LogP contribution in [0.1, 0.15) is 34.1 Å². The Kier molecular flexibility index (Phi) is 3.04. The lowest BCUT2D eigenvalue weighted by molar-refractivity contribution is 0.142. The average molecular weight is 200 g/mol. The standard InChI is InChI=1S/C10H20N2O2/c1-7-5-8(11-10(2,3)4)6-12(7)9(13)14/h7-8,11H,5-6H2,1-4H3,(H,13,14)/t7-,8-/m0/s1. The number of likely N-dealkylation sites (tertiary alicyclic amines) is 1. The van der Waals surface area contributed by atoms with E-state index in [-0.39, 0.29) is 11.6 Å². The molecule has 0 bridgehead atoms. The fourth-order valence-corrected chi connectivity index (χ4v) is 2.01. The van der Waals surface area contributed by atoms with Crippen LogP contribution in [0.3, 0.4) is 0 Å². The van der Waals surface area contributed by atoms with E-state index >= 15 is 0 Å². The molecule has 0 aromatic rings. The molecule has 0 aliphatic carbocycles. The molecule has 0 saturated carbocycles. The summed E-state index contributed by atoms with van der Waals surface area (Å²) in [4.78, 5) is 12.3. The maximum atomic E-state index is 10.8. The van der Waals surface area contributed by atoms with Crippen LogP contribution in [0.5, 0.6) is 0 Å². The van der Waals surface area contributed by atoms with Gasteiger partial charge >= 0.3 is 6.09 Å². The maximum Gasteiger partial charge on any atom is 0.407 e. The minimum atomic E-state index is -0.810. The topological polar surface area (TPSA) is 52.6 Å². The van der Waals surface area contributed by atoms with E-state index in [1.165, 1.54) is 4.90 Å². The molecule has 4 nitrogen and oxygen atoms in total. The molecule has 4 heteroatoms. The first-order chi connectivity index (χ1) is 6.29. The largest absolute Gasteiger partial charge is 0.465 e. The van der Waals surface area contributed by atoms with Gasteiger partial charge in [0.25, 0.3) is 0 Å². The third-order valence-corrected chi connectivity index (χ3v) is 2.46. The summed E-state index contributed by atoms with van der Waals surface area (Å²) in [7, 11) is 0. The van der Waals surface area contributed by atoms with Crippen LogP contribution >= 0.6 is 0 Å². The van der Waals surface area contributed by atoms with Crippen molar-refractivity contribution in [3.8, 4) is 0 Å².